The second-order valence-corrected chi connectivity index (χ2v) is 9.21. The zero-order chi connectivity index (χ0) is 25.4. The first-order chi connectivity index (χ1) is 17.3. The van der Waals surface area contributed by atoms with E-state index < -0.39 is 17.5 Å². The quantitative estimate of drug-likeness (QED) is 0.548. The zero-order valence-corrected chi connectivity index (χ0v) is 19.8. The lowest BCUT2D eigenvalue weighted by atomic mass is 9.87. The Morgan fingerprint density at radius 3 is 2.44 bits per heavy atom. The Labute approximate surface area is 207 Å². The Morgan fingerprint density at radius 1 is 1.08 bits per heavy atom. The number of rotatable bonds is 5. The second kappa shape index (κ2) is 9.60. The molecule has 2 amide bonds. The predicted molar refractivity (Wildman–Crippen MR) is 130 cm³/mol. The SMILES string of the molecule is CC(=O)N1CCC(C2CCNc3c(C(N)=O)c(-c4ccc(Oc5ccc(F)cc5F)cc4)nn32)CC1. The lowest BCUT2D eigenvalue weighted by molar-refractivity contribution is -0.130. The standard InChI is InChI=1S/C26H27F2N5O3/c1-15(34)32-12-9-16(10-13-32)21-8-11-30-26-23(25(29)35)24(31-33(21)26)17-2-5-19(6-3-17)36-22-7-4-18(27)14-20(22)28/h2-7,14,16,21,30H,8-13H2,1H3,(H2,29,35). The summed E-state index contributed by atoms with van der Waals surface area (Å²) in [6.45, 7) is 3.71. The van der Waals surface area contributed by atoms with Gasteiger partial charge in [-0.2, -0.15) is 5.10 Å². The molecule has 2 aromatic carbocycles. The number of carbonyl (C=O) groups excluding carboxylic acids is 2. The Bertz CT molecular complexity index is 1300. The summed E-state index contributed by atoms with van der Waals surface area (Å²) in [6, 6.07) is 9.88. The molecule has 3 N–H and O–H groups in total. The number of aromatic nitrogens is 2. The second-order valence-electron chi connectivity index (χ2n) is 9.21. The van der Waals surface area contributed by atoms with Gasteiger partial charge in [0.2, 0.25) is 5.91 Å². The molecule has 188 valence electrons. The van der Waals surface area contributed by atoms with Gasteiger partial charge in [0.1, 0.15) is 28.6 Å². The summed E-state index contributed by atoms with van der Waals surface area (Å²) < 4.78 is 34.5. The van der Waals surface area contributed by atoms with Crippen LogP contribution in [-0.4, -0.2) is 46.1 Å². The number of carbonyl (C=O) groups is 2. The van der Waals surface area contributed by atoms with Gasteiger partial charge in [0.15, 0.2) is 11.6 Å². The van der Waals surface area contributed by atoms with Crippen LogP contribution < -0.4 is 15.8 Å². The number of nitrogens with zero attached hydrogens (tertiary/aromatic N) is 3. The zero-order valence-electron chi connectivity index (χ0n) is 19.8. The number of amides is 2. The highest BCUT2D eigenvalue weighted by Gasteiger charge is 2.35. The number of hydrogen-bond donors (Lipinski definition) is 2. The molecule has 0 radical (unpaired) electrons. The average molecular weight is 496 g/mol. The molecule has 10 heteroatoms. The third kappa shape index (κ3) is 4.50. The van der Waals surface area contributed by atoms with Crippen LogP contribution in [0.2, 0.25) is 0 Å². The molecule has 3 heterocycles. The number of nitrogens with two attached hydrogens (primary N) is 1. The molecule has 1 atom stereocenters. The summed E-state index contributed by atoms with van der Waals surface area (Å²) in [5.74, 6) is -0.791. The van der Waals surface area contributed by atoms with Gasteiger partial charge < -0.3 is 20.7 Å². The van der Waals surface area contributed by atoms with Crippen LogP contribution in [0.3, 0.4) is 0 Å². The molecular formula is C26H27F2N5O3. The lowest BCUT2D eigenvalue weighted by Crippen LogP contribution is -2.40. The molecule has 8 nitrogen and oxygen atoms in total. The molecule has 36 heavy (non-hydrogen) atoms. The first kappa shape index (κ1) is 23.8. The fourth-order valence-corrected chi connectivity index (χ4v) is 5.14. The normalized spacial score (nSPS) is 17.9. The summed E-state index contributed by atoms with van der Waals surface area (Å²) in [6.07, 6.45) is 2.60. The molecule has 2 aliphatic heterocycles. The van der Waals surface area contributed by atoms with Crippen LogP contribution in [0.15, 0.2) is 42.5 Å². The van der Waals surface area contributed by atoms with Gasteiger partial charge in [-0.05, 0) is 61.6 Å². The molecule has 5 rings (SSSR count). The van der Waals surface area contributed by atoms with Crippen molar-refractivity contribution in [3.05, 3.63) is 59.7 Å². The third-order valence-electron chi connectivity index (χ3n) is 6.98. The van der Waals surface area contributed by atoms with Crippen molar-refractivity contribution >= 4 is 17.6 Å². The van der Waals surface area contributed by atoms with Gasteiger partial charge >= 0.3 is 0 Å². The highest BCUT2D eigenvalue weighted by Crippen LogP contribution is 2.40. The van der Waals surface area contributed by atoms with Crippen molar-refractivity contribution in [3.8, 4) is 22.8 Å². The van der Waals surface area contributed by atoms with Crippen LogP contribution in [0.1, 0.15) is 42.6 Å². The first-order valence-electron chi connectivity index (χ1n) is 12.0. The molecule has 1 unspecified atom stereocenters. The number of primary amides is 1. The van der Waals surface area contributed by atoms with Gasteiger partial charge in [0.25, 0.3) is 5.91 Å². The number of piperidine rings is 1. The maximum atomic E-state index is 13.9. The highest BCUT2D eigenvalue weighted by atomic mass is 19.1. The van der Waals surface area contributed by atoms with Gasteiger partial charge in [0.05, 0.1) is 6.04 Å². The molecule has 0 bridgehead atoms. The number of benzene rings is 2. The monoisotopic (exact) mass is 495 g/mol. The van der Waals surface area contributed by atoms with Crippen molar-refractivity contribution in [1.29, 1.82) is 0 Å². The van der Waals surface area contributed by atoms with Crippen molar-refractivity contribution in [1.82, 2.24) is 14.7 Å². The van der Waals surface area contributed by atoms with E-state index in [1.54, 1.807) is 31.2 Å². The maximum Gasteiger partial charge on any atom is 0.254 e. The Morgan fingerprint density at radius 2 is 1.81 bits per heavy atom. The smallest absolute Gasteiger partial charge is 0.254 e. The lowest BCUT2D eigenvalue weighted by Gasteiger charge is -2.38. The van der Waals surface area contributed by atoms with Crippen molar-refractivity contribution < 1.29 is 23.1 Å². The summed E-state index contributed by atoms with van der Waals surface area (Å²) in [5.41, 5.74) is 7.22. The summed E-state index contributed by atoms with van der Waals surface area (Å²) in [4.78, 5) is 26.1. The summed E-state index contributed by atoms with van der Waals surface area (Å²) in [5, 5.41) is 8.11. The van der Waals surface area contributed by atoms with Crippen LogP contribution in [-0.2, 0) is 4.79 Å². The minimum absolute atomic E-state index is 0.0891. The average Bonchev–Trinajstić information content (AvgIpc) is 3.26. The van der Waals surface area contributed by atoms with Gasteiger partial charge in [-0.1, -0.05) is 0 Å². The molecule has 1 fully saturated rings. The van der Waals surface area contributed by atoms with Crippen molar-refractivity contribution in [2.45, 2.75) is 32.2 Å². The van der Waals surface area contributed by atoms with Crippen LogP contribution in [0.25, 0.3) is 11.3 Å². The van der Waals surface area contributed by atoms with Crippen LogP contribution in [0.4, 0.5) is 14.6 Å². The number of halogens is 2. The Balaban J connectivity index is 1.42. The predicted octanol–water partition coefficient (Wildman–Crippen LogP) is 4.33. The summed E-state index contributed by atoms with van der Waals surface area (Å²) >= 11 is 0. The fraction of sp³-hybridized carbons (Fsp3) is 0.346. The van der Waals surface area contributed by atoms with E-state index in [0.29, 0.717) is 53.9 Å². The summed E-state index contributed by atoms with van der Waals surface area (Å²) in [7, 11) is 0. The van der Waals surface area contributed by atoms with Gasteiger partial charge in [-0.25, -0.2) is 13.5 Å². The minimum atomic E-state index is -0.803. The van der Waals surface area contributed by atoms with Gasteiger partial charge in [-0.3, -0.25) is 9.59 Å². The molecule has 0 spiro atoms. The van der Waals surface area contributed by atoms with E-state index in [0.717, 1.165) is 31.4 Å². The van der Waals surface area contributed by atoms with Crippen molar-refractivity contribution in [3.63, 3.8) is 0 Å². The maximum absolute atomic E-state index is 13.9. The van der Waals surface area contributed by atoms with Crippen LogP contribution in [0.5, 0.6) is 11.5 Å². The number of nitrogens with one attached hydrogen (secondary N) is 1. The number of likely N-dealkylation sites (tertiary alicyclic amines) is 1. The van der Waals surface area contributed by atoms with Crippen LogP contribution >= 0.6 is 0 Å². The molecule has 1 aromatic heterocycles. The van der Waals surface area contributed by atoms with E-state index >= 15 is 0 Å². The van der Waals surface area contributed by atoms with E-state index in [9.17, 15) is 18.4 Å². The molecule has 0 saturated carbocycles. The van der Waals surface area contributed by atoms with Crippen molar-refractivity contribution in [2.24, 2.45) is 11.7 Å². The molecular weight excluding hydrogens is 468 g/mol. The Hall–Kier alpha value is -3.95. The number of ether oxygens (including phenoxy) is 1. The third-order valence-corrected chi connectivity index (χ3v) is 6.98. The number of fused-ring (bicyclic) bond motifs is 1. The van der Waals surface area contributed by atoms with Crippen LogP contribution in [0, 0.1) is 17.6 Å². The Kier molecular flexibility index (Phi) is 6.34. The topological polar surface area (TPSA) is 102 Å². The largest absolute Gasteiger partial charge is 0.454 e. The molecule has 2 aliphatic rings. The van der Waals surface area contributed by atoms with E-state index in [-0.39, 0.29) is 17.7 Å². The first-order valence-corrected chi connectivity index (χ1v) is 12.0. The van der Waals surface area contributed by atoms with E-state index in [1.165, 1.54) is 6.07 Å². The van der Waals surface area contributed by atoms with E-state index in [2.05, 4.69) is 5.32 Å². The number of hydrogen-bond acceptors (Lipinski definition) is 5. The molecule has 3 aromatic rings. The van der Waals surface area contributed by atoms with Gasteiger partial charge in [-0.15, -0.1) is 0 Å². The molecule has 1 saturated heterocycles. The van der Waals surface area contributed by atoms with E-state index in [4.69, 9.17) is 15.6 Å². The number of anilines is 1. The van der Waals surface area contributed by atoms with E-state index in [1.807, 2.05) is 9.58 Å². The van der Waals surface area contributed by atoms with Gasteiger partial charge in [0, 0.05) is 38.2 Å². The minimum Gasteiger partial charge on any atom is -0.454 e. The highest BCUT2D eigenvalue weighted by molar-refractivity contribution is 6.03. The fourth-order valence-electron chi connectivity index (χ4n) is 5.14. The van der Waals surface area contributed by atoms with Crippen molar-refractivity contribution in [2.75, 3.05) is 25.0 Å². The molecule has 0 aliphatic carbocycles.